The molecule has 0 aliphatic heterocycles. The first kappa shape index (κ1) is 22.5. The molecule has 0 aliphatic carbocycles. The number of amides is 1. The minimum absolute atomic E-state index is 0.0443. The number of benzene rings is 3. The van der Waals surface area contributed by atoms with Gasteiger partial charge in [0.25, 0.3) is 0 Å². The molecule has 1 atom stereocenters. The maximum Gasteiger partial charge on any atom is 0.221 e. The Morgan fingerprint density at radius 1 is 0.914 bits per heavy atom. The number of para-hydroxylation sites is 2. The third kappa shape index (κ3) is 4.99. The highest BCUT2D eigenvalue weighted by atomic mass is 16.5. The molecule has 3 aromatic carbocycles. The van der Waals surface area contributed by atoms with Gasteiger partial charge < -0.3 is 19.0 Å². The van der Waals surface area contributed by atoms with Gasteiger partial charge in [-0.05, 0) is 35.4 Å². The predicted octanol–water partition coefficient (Wildman–Crippen LogP) is 6.13. The molecular weight excluding hydrogens is 436 g/mol. The number of aromatic nitrogens is 1. The van der Waals surface area contributed by atoms with Crippen molar-refractivity contribution in [3.63, 3.8) is 0 Å². The Balaban J connectivity index is 1.54. The molecule has 0 saturated heterocycles. The first-order chi connectivity index (χ1) is 17.2. The zero-order valence-corrected chi connectivity index (χ0v) is 19.7. The normalized spacial score (nSPS) is 11.9. The van der Waals surface area contributed by atoms with Crippen LogP contribution in [0.25, 0.3) is 10.9 Å². The Morgan fingerprint density at radius 3 is 2.49 bits per heavy atom. The highest BCUT2D eigenvalue weighted by Gasteiger charge is 2.25. The summed E-state index contributed by atoms with van der Waals surface area (Å²) in [7, 11) is 1.67. The van der Waals surface area contributed by atoms with E-state index < -0.39 is 0 Å². The van der Waals surface area contributed by atoms with Crippen molar-refractivity contribution in [2.75, 3.05) is 7.11 Å². The van der Waals surface area contributed by atoms with Gasteiger partial charge >= 0.3 is 0 Å². The number of carbonyl (C=O) groups excluding carboxylic acids is 1. The molecule has 2 heterocycles. The number of nitrogens with zero attached hydrogens (tertiary/aromatic N) is 1. The summed E-state index contributed by atoms with van der Waals surface area (Å²) < 4.78 is 13.4. The molecule has 1 amide bonds. The molecule has 0 aliphatic rings. The largest absolute Gasteiger partial charge is 0.496 e. The fraction of sp³-hybridized carbons (Fsp3) is 0.167. The van der Waals surface area contributed by atoms with Crippen LogP contribution in [0.15, 0.2) is 108 Å². The summed E-state index contributed by atoms with van der Waals surface area (Å²) >= 11 is 0. The molecule has 0 fully saturated rings. The minimum atomic E-state index is -0.176. The van der Waals surface area contributed by atoms with Gasteiger partial charge in [0.05, 0.1) is 19.9 Å². The van der Waals surface area contributed by atoms with E-state index in [-0.39, 0.29) is 11.8 Å². The number of carbonyl (C=O) groups is 1. The Hall–Kier alpha value is -4.25. The SMILES string of the molecule is COc1ccccc1[C@H](CC(=O)NCc1ccco1)c1cn(Cc2ccccc2)c2ccccc12. The zero-order chi connectivity index (χ0) is 24.0. The molecule has 0 spiro atoms. The Labute approximate surface area is 205 Å². The zero-order valence-electron chi connectivity index (χ0n) is 19.7. The van der Waals surface area contributed by atoms with Crippen LogP contribution in [0.1, 0.15) is 34.8 Å². The molecule has 0 radical (unpaired) electrons. The maximum atomic E-state index is 13.1. The Kier molecular flexibility index (Phi) is 6.66. The van der Waals surface area contributed by atoms with Crippen molar-refractivity contribution in [3.05, 3.63) is 126 Å². The lowest BCUT2D eigenvalue weighted by Crippen LogP contribution is -2.25. The second-order valence-electron chi connectivity index (χ2n) is 8.57. The molecule has 2 aromatic heterocycles. The fourth-order valence-electron chi connectivity index (χ4n) is 4.66. The van der Waals surface area contributed by atoms with Crippen molar-refractivity contribution < 1.29 is 13.9 Å². The maximum absolute atomic E-state index is 13.1. The fourth-order valence-corrected chi connectivity index (χ4v) is 4.66. The third-order valence-electron chi connectivity index (χ3n) is 6.33. The lowest BCUT2D eigenvalue weighted by molar-refractivity contribution is -0.121. The molecular formula is C30H28N2O3. The van der Waals surface area contributed by atoms with Crippen LogP contribution in [0.4, 0.5) is 0 Å². The minimum Gasteiger partial charge on any atom is -0.496 e. The van der Waals surface area contributed by atoms with E-state index in [0.717, 1.165) is 40.1 Å². The van der Waals surface area contributed by atoms with Gasteiger partial charge in [-0.2, -0.15) is 0 Å². The topological polar surface area (TPSA) is 56.4 Å². The second-order valence-corrected chi connectivity index (χ2v) is 8.57. The molecule has 0 bridgehead atoms. The molecule has 5 nitrogen and oxygen atoms in total. The third-order valence-corrected chi connectivity index (χ3v) is 6.33. The average molecular weight is 465 g/mol. The van der Waals surface area contributed by atoms with Crippen molar-refractivity contribution in [1.82, 2.24) is 9.88 Å². The average Bonchev–Trinajstić information content (AvgIpc) is 3.55. The lowest BCUT2D eigenvalue weighted by atomic mass is 9.87. The van der Waals surface area contributed by atoms with Gasteiger partial charge in [0.15, 0.2) is 0 Å². The van der Waals surface area contributed by atoms with Crippen LogP contribution in [0.2, 0.25) is 0 Å². The summed E-state index contributed by atoms with van der Waals surface area (Å²) in [4.78, 5) is 13.1. The first-order valence-corrected chi connectivity index (χ1v) is 11.8. The molecule has 5 rings (SSSR count). The predicted molar refractivity (Wildman–Crippen MR) is 137 cm³/mol. The van der Waals surface area contributed by atoms with Gasteiger partial charge in [-0.3, -0.25) is 4.79 Å². The van der Waals surface area contributed by atoms with Crippen molar-refractivity contribution in [2.24, 2.45) is 0 Å². The van der Waals surface area contributed by atoms with Crippen molar-refractivity contribution in [3.8, 4) is 5.75 Å². The number of methoxy groups -OCH3 is 1. The summed E-state index contributed by atoms with van der Waals surface area (Å²) in [6.45, 7) is 1.12. The standard InChI is InChI=1S/C30H28N2O3/c1-34-29-16-8-6-14-25(29)26(18-30(33)31-19-23-12-9-17-35-23)27-21-32(20-22-10-3-2-4-11-22)28-15-7-5-13-24(27)28/h2-17,21,26H,18-20H2,1H3,(H,31,33)/t26-/m0/s1. The Bertz CT molecular complexity index is 1400. The number of ether oxygens (including phenoxy) is 1. The molecule has 1 N–H and O–H groups in total. The summed E-state index contributed by atoms with van der Waals surface area (Å²) in [6.07, 6.45) is 4.09. The number of furan rings is 1. The van der Waals surface area contributed by atoms with Gasteiger partial charge in [-0.1, -0.05) is 66.7 Å². The molecule has 5 heteroatoms. The van der Waals surface area contributed by atoms with Crippen LogP contribution in [0.5, 0.6) is 5.75 Å². The van der Waals surface area contributed by atoms with Gasteiger partial charge in [-0.15, -0.1) is 0 Å². The van der Waals surface area contributed by atoms with Crippen LogP contribution in [0, 0.1) is 0 Å². The summed E-state index contributed by atoms with van der Waals surface area (Å²) in [5.74, 6) is 1.28. The monoisotopic (exact) mass is 464 g/mol. The van der Waals surface area contributed by atoms with Crippen LogP contribution in [-0.4, -0.2) is 17.6 Å². The van der Waals surface area contributed by atoms with E-state index >= 15 is 0 Å². The van der Waals surface area contributed by atoms with Crippen LogP contribution >= 0.6 is 0 Å². The summed E-state index contributed by atoms with van der Waals surface area (Å²) in [5.41, 5.74) is 4.46. The van der Waals surface area contributed by atoms with E-state index in [2.05, 4.69) is 64.6 Å². The molecule has 5 aromatic rings. The quantitative estimate of drug-likeness (QED) is 0.285. The molecule has 35 heavy (non-hydrogen) atoms. The number of fused-ring (bicyclic) bond motifs is 1. The van der Waals surface area contributed by atoms with E-state index in [1.54, 1.807) is 13.4 Å². The highest BCUT2D eigenvalue weighted by Crippen LogP contribution is 2.38. The van der Waals surface area contributed by atoms with Gasteiger partial charge in [0, 0.05) is 41.5 Å². The van der Waals surface area contributed by atoms with E-state index in [0.29, 0.717) is 13.0 Å². The van der Waals surface area contributed by atoms with E-state index in [1.165, 1.54) is 5.56 Å². The second kappa shape index (κ2) is 10.3. The van der Waals surface area contributed by atoms with Crippen molar-refractivity contribution >= 4 is 16.8 Å². The number of nitrogens with one attached hydrogen (secondary N) is 1. The number of hydrogen-bond acceptors (Lipinski definition) is 3. The lowest BCUT2D eigenvalue weighted by Gasteiger charge is -2.19. The van der Waals surface area contributed by atoms with Crippen LogP contribution in [-0.2, 0) is 17.9 Å². The van der Waals surface area contributed by atoms with E-state index in [4.69, 9.17) is 9.15 Å². The molecule has 0 saturated carbocycles. The number of hydrogen-bond donors (Lipinski definition) is 1. The highest BCUT2D eigenvalue weighted by molar-refractivity contribution is 5.87. The summed E-state index contributed by atoms with van der Waals surface area (Å²) in [6, 6.07) is 30.4. The van der Waals surface area contributed by atoms with Gasteiger partial charge in [-0.25, -0.2) is 0 Å². The summed E-state index contributed by atoms with van der Waals surface area (Å²) in [5, 5.41) is 4.14. The number of rotatable bonds is 9. The smallest absolute Gasteiger partial charge is 0.221 e. The molecule has 0 unspecified atom stereocenters. The van der Waals surface area contributed by atoms with Crippen molar-refractivity contribution in [2.45, 2.75) is 25.4 Å². The van der Waals surface area contributed by atoms with E-state index in [1.807, 2.05) is 42.5 Å². The van der Waals surface area contributed by atoms with Crippen molar-refractivity contribution in [1.29, 1.82) is 0 Å². The molecule has 176 valence electrons. The van der Waals surface area contributed by atoms with Crippen LogP contribution in [0.3, 0.4) is 0 Å². The first-order valence-electron chi connectivity index (χ1n) is 11.8. The Morgan fingerprint density at radius 2 is 1.69 bits per heavy atom. The van der Waals surface area contributed by atoms with Crippen LogP contribution < -0.4 is 10.1 Å². The van der Waals surface area contributed by atoms with Gasteiger partial charge in [0.1, 0.15) is 11.5 Å². The van der Waals surface area contributed by atoms with E-state index in [9.17, 15) is 4.79 Å². The van der Waals surface area contributed by atoms with Gasteiger partial charge in [0.2, 0.25) is 5.91 Å².